The minimum absolute atomic E-state index is 0.0385. The van der Waals surface area contributed by atoms with Crippen molar-refractivity contribution in [2.45, 2.75) is 32.6 Å². The number of hydrogen-bond acceptors (Lipinski definition) is 4. The summed E-state index contributed by atoms with van der Waals surface area (Å²) in [6.45, 7) is 4.25. The Morgan fingerprint density at radius 1 is 1.52 bits per heavy atom. The van der Waals surface area contributed by atoms with Gasteiger partial charge in [-0.2, -0.15) is 0 Å². The zero-order valence-corrected chi connectivity index (χ0v) is 12.8. The van der Waals surface area contributed by atoms with Gasteiger partial charge in [-0.1, -0.05) is 13.3 Å². The molecular formula is C15H16N4OS. The lowest BCUT2D eigenvalue weighted by molar-refractivity contribution is 0.513. The largest absolute Gasteiger partial charge is 0.425 e. The van der Waals surface area contributed by atoms with E-state index in [0.717, 1.165) is 29.7 Å². The summed E-state index contributed by atoms with van der Waals surface area (Å²) in [5, 5.41) is 7.82. The number of nitrogens with one attached hydrogen (secondary N) is 1. The smallest absolute Gasteiger partial charge is 0.243 e. The van der Waals surface area contributed by atoms with Crippen LogP contribution < -0.4 is 10.5 Å². The normalized spacial score (nSPS) is 19.3. The van der Waals surface area contributed by atoms with E-state index in [1.54, 1.807) is 0 Å². The Balaban J connectivity index is 2.01. The monoisotopic (exact) mass is 300 g/mol. The molecule has 0 saturated carbocycles. The van der Waals surface area contributed by atoms with Gasteiger partial charge >= 0.3 is 0 Å². The number of aryl methyl sites for hydroxylation is 2. The first-order valence-corrected chi connectivity index (χ1v) is 7.51. The molecule has 1 atom stereocenters. The maximum atomic E-state index is 6.30. The molecule has 0 bridgehead atoms. The van der Waals surface area contributed by atoms with Gasteiger partial charge in [0.2, 0.25) is 10.9 Å². The second kappa shape index (κ2) is 4.21. The molecule has 0 fully saturated rings. The van der Waals surface area contributed by atoms with Crippen molar-refractivity contribution in [3.8, 4) is 5.88 Å². The van der Waals surface area contributed by atoms with Crippen LogP contribution in [0, 0.1) is 6.92 Å². The van der Waals surface area contributed by atoms with Gasteiger partial charge in [0.25, 0.3) is 0 Å². The maximum absolute atomic E-state index is 6.30. The second-order valence-electron chi connectivity index (χ2n) is 5.55. The van der Waals surface area contributed by atoms with Crippen molar-refractivity contribution >= 4 is 23.1 Å². The number of thiocarbonyl (C=S) groups is 1. The molecule has 0 radical (unpaired) electrons. The summed E-state index contributed by atoms with van der Waals surface area (Å²) in [6, 6.07) is 2.08. The van der Waals surface area contributed by atoms with Gasteiger partial charge in [0, 0.05) is 17.6 Å². The third-order valence-corrected chi connectivity index (χ3v) is 4.58. The molecule has 0 amide bonds. The summed E-state index contributed by atoms with van der Waals surface area (Å²) in [5.74, 6) is 1.30. The van der Waals surface area contributed by atoms with Crippen molar-refractivity contribution in [1.82, 2.24) is 14.8 Å². The van der Waals surface area contributed by atoms with Gasteiger partial charge in [-0.25, -0.2) is 0 Å². The predicted molar refractivity (Wildman–Crippen MR) is 84.2 cm³/mol. The molecular weight excluding hydrogens is 284 g/mol. The van der Waals surface area contributed by atoms with Crippen LogP contribution in [-0.4, -0.2) is 19.8 Å². The molecule has 4 heterocycles. The Bertz CT molecular complexity index is 799. The van der Waals surface area contributed by atoms with Crippen LogP contribution in [0.25, 0.3) is 5.82 Å². The number of aromatic nitrogens is 3. The highest BCUT2D eigenvalue weighted by molar-refractivity contribution is 7.80. The molecule has 2 aliphatic heterocycles. The van der Waals surface area contributed by atoms with Gasteiger partial charge in [-0.05, 0) is 37.2 Å². The Morgan fingerprint density at radius 2 is 2.33 bits per heavy atom. The Kier molecular flexibility index (Phi) is 2.53. The molecule has 1 unspecified atom stereocenters. The van der Waals surface area contributed by atoms with Crippen LogP contribution in [0.5, 0.6) is 5.88 Å². The molecule has 4 rings (SSSR count). The third-order valence-electron chi connectivity index (χ3n) is 4.28. The summed E-state index contributed by atoms with van der Waals surface area (Å²) < 4.78 is 7.74. The molecule has 0 spiro atoms. The lowest BCUT2D eigenvalue weighted by atomic mass is 9.86. The van der Waals surface area contributed by atoms with Gasteiger partial charge in [0.05, 0.1) is 17.1 Å². The van der Waals surface area contributed by atoms with Crippen LogP contribution in [0.2, 0.25) is 0 Å². The van der Waals surface area contributed by atoms with Gasteiger partial charge in [-0.15, -0.1) is 5.10 Å². The van der Waals surface area contributed by atoms with Gasteiger partial charge in [-0.3, -0.25) is 5.10 Å². The first-order chi connectivity index (χ1) is 10.1. The van der Waals surface area contributed by atoms with Crippen LogP contribution in [0.3, 0.4) is 0 Å². The third kappa shape index (κ3) is 1.51. The van der Waals surface area contributed by atoms with Crippen LogP contribution >= 0.6 is 12.2 Å². The first kappa shape index (κ1) is 12.6. The highest BCUT2D eigenvalue weighted by Crippen LogP contribution is 2.49. The number of hydrogen-bond donors (Lipinski definition) is 2. The summed E-state index contributed by atoms with van der Waals surface area (Å²) in [5.41, 5.74) is 11.8. The Labute approximate surface area is 127 Å². The SMILES string of the molecule is CCCc1[nH]nc2c1C1C(=C(N)n3ccc(C)c31)C(=S)O2. The topological polar surface area (TPSA) is 68.9 Å². The Morgan fingerprint density at radius 3 is 3.10 bits per heavy atom. The van der Waals surface area contributed by atoms with E-state index in [9.17, 15) is 0 Å². The van der Waals surface area contributed by atoms with E-state index in [-0.39, 0.29) is 5.92 Å². The molecule has 0 aromatic carbocycles. The molecule has 3 N–H and O–H groups in total. The van der Waals surface area contributed by atoms with Crippen LogP contribution in [0.4, 0.5) is 0 Å². The number of rotatable bonds is 2. The average molecular weight is 300 g/mol. The van der Waals surface area contributed by atoms with Crippen molar-refractivity contribution in [3.05, 3.63) is 40.4 Å². The number of nitrogens with two attached hydrogens (primary N) is 1. The van der Waals surface area contributed by atoms with Crippen molar-refractivity contribution in [2.75, 3.05) is 0 Å². The lowest BCUT2D eigenvalue weighted by Crippen LogP contribution is -2.23. The zero-order valence-electron chi connectivity index (χ0n) is 11.9. The van der Waals surface area contributed by atoms with Crippen LogP contribution in [-0.2, 0) is 6.42 Å². The predicted octanol–water partition coefficient (Wildman–Crippen LogP) is 2.46. The minimum Gasteiger partial charge on any atom is -0.425 e. The van der Waals surface area contributed by atoms with E-state index in [4.69, 9.17) is 22.7 Å². The lowest BCUT2D eigenvalue weighted by Gasteiger charge is -2.23. The van der Waals surface area contributed by atoms with Crippen molar-refractivity contribution in [2.24, 2.45) is 5.73 Å². The zero-order chi connectivity index (χ0) is 14.7. The Hall–Kier alpha value is -2.08. The minimum atomic E-state index is 0.0385. The molecule has 2 aromatic heterocycles. The van der Waals surface area contributed by atoms with Gasteiger partial charge in [0.1, 0.15) is 5.82 Å². The molecule has 6 heteroatoms. The molecule has 5 nitrogen and oxygen atoms in total. The van der Waals surface area contributed by atoms with Crippen molar-refractivity contribution in [1.29, 1.82) is 0 Å². The van der Waals surface area contributed by atoms with Crippen LogP contribution in [0.1, 0.15) is 41.8 Å². The van der Waals surface area contributed by atoms with E-state index in [0.29, 0.717) is 16.8 Å². The number of aromatic amines is 1. The van der Waals surface area contributed by atoms with E-state index in [2.05, 4.69) is 30.1 Å². The molecule has 0 aliphatic carbocycles. The standard InChI is InChI=1S/C15H16N4OS/c1-3-4-8-9-10-11(15(21)20-14(9)18-17-8)13(16)19-6-5-7(2)12(10)19/h5-6,10H,3-4,16H2,1-2H3,(H,17,18). The second-order valence-corrected chi connectivity index (χ2v) is 5.92. The first-order valence-electron chi connectivity index (χ1n) is 7.10. The summed E-state index contributed by atoms with van der Waals surface area (Å²) >= 11 is 5.40. The van der Waals surface area contributed by atoms with Crippen molar-refractivity contribution < 1.29 is 4.74 Å². The summed E-state index contributed by atoms with van der Waals surface area (Å²) in [4.78, 5) is 0. The van der Waals surface area contributed by atoms with Crippen molar-refractivity contribution in [3.63, 3.8) is 0 Å². The average Bonchev–Trinajstić information content (AvgIpc) is 3.08. The fourth-order valence-electron chi connectivity index (χ4n) is 3.36. The van der Waals surface area contributed by atoms with Gasteiger partial charge in [0.15, 0.2) is 0 Å². The highest BCUT2D eigenvalue weighted by Gasteiger charge is 2.43. The fraction of sp³-hybridized carbons (Fsp3) is 0.333. The molecule has 21 heavy (non-hydrogen) atoms. The molecule has 108 valence electrons. The number of H-pyrrole nitrogens is 1. The quantitative estimate of drug-likeness (QED) is 0.836. The highest BCUT2D eigenvalue weighted by atomic mass is 32.1. The molecule has 0 saturated heterocycles. The molecule has 2 aliphatic rings. The van der Waals surface area contributed by atoms with E-state index < -0.39 is 0 Å². The summed E-state index contributed by atoms with van der Waals surface area (Å²) in [7, 11) is 0. The fourth-order valence-corrected chi connectivity index (χ4v) is 3.66. The summed E-state index contributed by atoms with van der Waals surface area (Å²) in [6.07, 6.45) is 3.97. The van der Waals surface area contributed by atoms with Gasteiger partial charge < -0.3 is 15.0 Å². The maximum Gasteiger partial charge on any atom is 0.243 e. The van der Waals surface area contributed by atoms with E-state index in [1.807, 2.05) is 10.8 Å². The number of ether oxygens (including phenoxy) is 1. The van der Waals surface area contributed by atoms with Crippen LogP contribution in [0.15, 0.2) is 17.8 Å². The van der Waals surface area contributed by atoms with E-state index in [1.165, 1.54) is 11.3 Å². The number of nitrogens with zero attached hydrogens (tertiary/aromatic N) is 2. The molecule has 2 aromatic rings. The van der Waals surface area contributed by atoms with E-state index >= 15 is 0 Å². The number of fused-ring (bicyclic) bond motifs is 5.